The predicted octanol–water partition coefficient (Wildman–Crippen LogP) is 12.7. The van der Waals surface area contributed by atoms with Gasteiger partial charge in [-0.2, -0.15) is 0 Å². The van der Waals surface area contributed by atoms with E-state index in [1.54, 1.807) is 11.8 Å². The lowest BCUT2D eigenvalue weighted by Crippen LogP contribution is -2.69. The van der Waals surface area contributed by atoms with Crippen molar-refractivity contribution in [1.29, 1.82) is 0 Å². The van der Waals surface area contributed by atoms with E-state index < -0.39 is 42.6 Å². The van der Waals surface area contributed by atoms with Crippen LogP contribution in [-0.2, 0) is 27.5 Å². The van der Waals surface area contributed by atoms with Gasteiger partial charge in [-0.15, -0.1) is 11.8 Å². The Labute approximate surface area is 318 Å². The first kappa shape index (κ1) is 48.3. The van der Waals surface area contributed by atoms with Crippen LogP contribution in [0, 0.1) is 5.41 Å². The smallest absolute Gasteiger partial charge is 0.311 e. The standard InChI is InChI=1S/C40H84O6SSi3/c1-23-47-38-37(46-50(31(14)15,32(16)17)33(18)19)36(45-49(28(8)9,29(10)11)30(12)13)35(34(43-38)24-42-39(41)40(20,21)22)44-48(25(2)3,26(4)5)27(6)7/h25-38H,23-24H2,1-22H3/t34-,35-,36+,37-,38+/m1/s1. The number of esters is 1. The normalized spacial score (nSPS) is 23.3. The largest absolute Gasteiger partial charge is 0.462 e. The van der Waals surface area contributed by atoms with Gasteiger partial charge in [0.15, 0.2) is 0 Å². The second kappa shape index (κ2) is 19.3. The highest BCUT2D eigenvalue weighted by Crippen LogP contribution is 2.51. The molecule has 1 rings (SSSR count). The third-order valence-electron chi connectivity index (χ3n) is 12.1. The van der Waals surface area contributed by atoms with Gasteiger partial charge in [-0.3, -0.25) is 4.79 Å². The van der Waals surface area contributed by atoms with Crippen LogP contribution in [0.15, 0.2) is 0 Å². The van der Waals surface area contributed by atoms with Crippen molar-refractivity contribution in [3.05, 3.63) is 0 Å². The molecular weight excluding hydrogens is 693 g/mol. The quantitative estimate of drug-likeness (QED) is 0.0956. The van der Waals surface area contributed by atoms with Crippen molar-refractivity contribution in [2.45, 2.75) is 232 Å². The molecule has 50 heavy (non-hydrogen) atoms. The monoisotopic (exact) mass is 777 g/mol. The summed E-state index contributed by atoms with van der Waals surface area (Å²) < 4.78 is 37.2. The molecule has 298 valence electrons. The Kier molecular flexibility index (Phi) is 18.6. The van der Waals surface area contributed by atoms with Crippen molar-refractivity contribution in [3.8, 4) is 0 Å². The number of carbonyl (C=O) groups is 1. The van der Waals surface area contributed by atoms with E-state index in [2.05, 4.69) is 132 Å². The number of thioether (sulfide) groups is 1. The molecular formula is C40H84O6SSi3. The van der Waals surface area contributed by atoms with Crippen LogP contribution in [0.5, 0.6) is 0 Å². The van der Waals surface area contributed by atoms with Crippen LogP contribution in [0.1, 0.15) is 152 Å². The van der Waals surface area contributed by atoms with Crippen molar-refractivity contribution >= 4 is 42.7 Å². The van der Waals surface area contributed by atoms with Gasteiger partial charge >= 0.3 is 5.97 Å². The molecule has 0 spiro atoms. The summed E-state index contributed by atoms with van der Waals surface area (Å²) in [4.78, 5) is 13.3. The molecule has 0 N–H and O–H groups in total. The van der Waals surface area contributed by atoms with Gasteiger partial charge in [-0.05, 0) is 76.4 Å². The first-order chi connectivity index (χ1) is 22.7. The Bertz CT molecular complexity index is 958. The van der Waals surface area contributed by atoms with Gasteiger partial charge in [0.1, 0.15) is 36.5 Å². The van der Waals surface area contributed by atoms with Gasteiger partial charge in [0, 0.05) is 0 Å². The average Bonchev–Trinajstić information content (AvgIpc) is 2.95. The van der Waals surface area contributed by atoms with Gasteiger partial charge in [0.05, 0.1) is 5.41 Å². The fourth-order valence-corrected chi connectivity index (χ4v) is 27.7. The molecule has 0 saturated carbocycles. The van der Waals surface area contributed by atoms with E-state index in [1.807, 2.05) is 20.8 Å². The molecule has 0 amide bonds. The summed E-state index contributed by atoms with van der Waals surface area (Å²) in [5.74, 6) is 0.650. The van der Waals surface area contributed by atoms with Gasteiger partial charge < -0.3 is 22.8 Å². The van der Waals surface area contributed by atoms with Crippen molar-refractivity contribution in [2.75, 3.05) is 12.4 Å². The lowest BCUT2D eigenvalue weighted by atomic mass is 9.97. The molecule has 0 aliphatic carbocycles. The second-order valence-electron chi connectivity index (χ2n) is 19.0. The van der Waals surface area contributed by atoms with Crippen LogP contribution in [0.3, 0.4) is 0 Å². The summed E-state index contributed by atoms with van der Waals surface area (Å²) >= 11 is 1.80. The van der Waals surface area contributed by atoms with Crippen LogP contribution in [0.25, 0.3) is 0 Å². The summed E-state index contributed by atoms with van der Waals surface area (Å²) in [6, 6.07) is 0. The first-order valence-electron chi connectivity index (χ1n) is 20.2. The SMILES string of the molecule is CCS[C@@H]1O[C@H](COC(=O)C(C)(C)C)[C@@H](O[Si](C(C)C)(C(C)C)C(C)C)[C@H](O[Si](C(C)C)(C(C)C)C(C)C)[C@H]1O[Si](C(C)C)(C(C)C)C(C)C. The molecule has 1 aliphatic rings. The Hall–Kier alpha value is 0.311. The van der Waals surface area contributed by atoms with Gasteiger partial charge in [0.25, 0.3) is 0 Å². The Morgan fingerprint density at radius 3 is 1.14 bits per heavy atom. The van der Waals surface area contributed by atoms with Crippen molar-refractivity contribution in [3.63, 3.8) is 0 Å². The van der Waals surface area contributed by atoms with Crippen molar-refractivity contribution in [2.24, 2.45) is 5.41 Å². The van der Waals surface area contributed by atoms with E-state index in [-0.39, 0.29) is 30.2 Å². The minimum atomic E-state index is -2.48. The van der Waals surface area contributed by atoms with Crippen molar-refractivity contribution < 1.29 is 27.5 Å². The molecule has 1 fully saturated rings. The van der Waals surface area contributed by atoms with Crippen LogP contribution in [0.2, 0.25) is 49.9 Å². The minimum Gasteiger partial charge on any atom is -0.462 e. The van der Waals surface area contributed by atoms with Gasteiger partial charge in [0.2, 0.25) is 25.0 Å². The molecule has 0 aromatic carbocycles. The molecule has 0 unspecified atom stereocenters. The number of ether oxygens (including phenoxy) is 2. The summed E-state index contributed by atoms with van der Waals surface area (Å²) in [6.07, 6.45) is -1.61. The van der Waals surface area contributed by atoms with Crippen LogP contribution in [0.4, 0.5) is 0 Å². The lowest BCUT2D eigenvalue weighted by Gasteiger charge is -2.57. The topological polar surface area (TPSA) is 63.2 Å². The number of carbonyl (C=O) groups excluding carboxylic acids is 1. The van der Waals surface area contributed by atoms with Gasteiger partial charge in [-0.25, -0.2) is 0 Å². The Morgan fingerprint density at radius 2 is 0.860 bits per heavy atom. The zero-order chi connectivity index (χ0) is 39.3. The van der Waals surface area contributed by atoms with E-state index in [9.17, 15) is 4.79 Å². The molecule has 0 bridgehead atoms. The van der Waals surface area contributed by atoms with E-state index in [1.165, 1.54) is 0 Å². The molecule has 1 saturated heterocycles. The fraction of sp³-hybridized carbons (Fsp3) is 0.975. The second-order valence-corrected chi connectivity index (χ2v) is 36.6. The highest BCUT2D eigenvalue weighted by molar-refractivity contribution is 7.99. The van der Waals surface area contributed by atoms with E-state index in [0.29, 0.717) is 49.9 Å². The zero-order valence-electron chi connectivity index (χ0n) is 36.9. The van der Waals surface area contributed by atoms with E-state index in [4.69, 9.17) is 22.8 Å². The Morgan fingerprint density at radius 1 is 0.560 bits per heavy atom. The zero-order valence-corrected chi connectivity index (χ0v) is 40.7. The molecule has 1 aliphatic heterocycles. The third-order valence-corrected chi connectivity index (χ3v) is 31.4. The van der Waals surface area contributed by atoms with Gasteiger partial charge in [-0.1, -0.05) is 132 Å². The number of hydrogen-bond acceptors (Lipinski definition) is 7. The highest BCUT2D eigenvalue weighted by Gasteiger charge is 2.60. The molecule has 0 aromatic heterocycles. The molecule has 0 radical (unpaired) electrons. The maximum absolute atomic E-state index is 13.3. The summed E-state index contributed by atoms with van der Waals surface area (Å²) in [5.41, 5.74) is 2.53. The fourth-order valence-electron chi connectivity index (χ4n) is 10.0. The molecule has 10 heteroatoms. The maximum atomic E-state index is 13.3. The summed E-state index contributed by atoms with van der Waals surface area (Å²) in [5, 5.41) is 0. The van der Waals surface area contributed by atoms with Crippen LogP contribution < -0.4 is 0 Å². The van der Waals surface area contributed by atoms with Crippen LogP contribution >= 0.6 is 11.8 Å². The van der Waals surface area contributed by atoms with E-state index >= 15 is 0 Å². The Balaban J connectivity index is 4.38. The summed E-state index contributed by atoms with van der Waals surface area (Å²) in [6.45, 7) is 50.5. The molecule has 0 aromatic rings. The maximum Gasteiger partial charge on any atom is 0.311 e. The number of rotatable bonds is 19. The molecule has 6 nitrogen and oxygen atoms in total. The average molecular weight is 777 g/mol. The van der Waals surface area contributed by atoms with Crippen molar-refractivity contribution in [1.82, 2.24) is 0 Å². The lowest BCUT2D eigenvalue weighted by molar-refractivity contribution is -0.202. The highest BCUT2D eigenvalue weighted by atomic mass is 32.2. The predicted molar refractivity (Wildman–Crippen MR) is 225 cm³/mol. The number of hydrogen-bond donors (Lipinski definition) is 0. The summed E-state index contributed by atoms with van der Waals surface area (Å²) in [7, 11) is -7.36. The van der Waals surface area contributed by atoms with E-state index in [0.717, 1.165) is 5.75 Å². The first-order valence-corrected chi connectivity index (χ1v) is 27.7. The molecule has 5 atom stereocenters. The van der Waals surface area contributed by atoms with Crippen LogP contribution in [-0.4, -0.2) is 73.1 Å². The third kappa shape index (κ3) is 10.1. The molecule has 1 heterocycles. The minimum absolute atomic E-state index is 0.133.